The second-order valence-electron chi connectivity index (χ2n) is 4.40. The van der Waals surface area contributed by atoms with Crippen molar-refractivity contribution in [3.8, 4) is 6.07 Å². The summed E-state index contributed by atoms with van der Waals surface area (Å²) in [7, 11) is 1.86. The summed E-state index contributed by atoms with van der Waals surface area (Å²) in [6, 6.07) is 2.24. The fraction of sp³-hybridized carbons (Fsp3) is 0.714. The Morgan fingerprint density at radius 1 is 1.20 bits per heavy atom. The van der Waals surface area contributed by atoms with Crippen LogP contribution in [0.5, 0.6) is 0 Å². The second kappa shape index (κ2) is 8.56. The highest BCUT2D eigenvalue weighted by Crippen LogP contribution is 2.22. The van der Waals surface area contributed by atoms with Crippen LogP contribution in [-0.2, 0) is 16.5 Å². The van der Waals surface area contributed by atoms with E-state index in [4.69, 9.17) is 9.47 Å². The SMILES string of the molecule is CCOCCN(CCOCC)c1c(C#N)c(C)nn1C. The minimum Gasteiger partial charge on any atom is -0.380 e. The highest BCUT2D eigenvalue weighted by molar-refractivity contribution is 5.56. The van der Waals surface area contributed by atoms with Gasteiger partial charge in [-0.05, 0) is 20.8 Å². The average Bonchev–Trinajstić information content (AvgIpc) is 2.71. The summed E-state index contributed by atoms with van der Waals surface area (Å²) in [6.45, 7) is 9.85. The molecular weight excluding hydrogens is 256 g/mol. The quantitative estimate of drug-likeness (QED) is 0.641. The molecule has 0 unspecified atom stereocenters. The Morgan fingerprint density at radius 2 is 1.75 bits per heavy atom. The summed E-state index contributed by atoms with van der Waals surface area (Å²) in [5.74, 6) is 0.837. The lowest BCUT2D eigenvalue weighted by Gasteiger charge is -2.24. The van der Waals surface area contributed by atoms with Gasteiger partial charge in [-0.25, -0.2) is 0 Å². The molecule has 0 amide bonds. The topological polar surface area (TPSA) is 63.3 Å². The first-order valence-corrected chi connectivity index (χ1v) is 6.99. The third-order valence-corrected chi connectivity index (χ3v) is 3.02. The van der Waals surface area contributed by atoms with Crippen molar-refractivity contribution in [2.24, 2.45) is 7.05 Å². The van der Waals surface area contributed by atoms with Gasteiger partial charge in [0.05, 0.1) is 18.9 Å². The Bertz CT molecular complexity index is 441. The first-order valence-electron chi connectivity index (χ1n) is 6.99. The molecule has 0 aliphatic heterocycles. The number of hydrogen-bond donors (Lipinski definition) is 0. The lowest BCUT2D eigenvalue weighted by atomic mass is 10.2. The van der Waals surface area contributed by atoms with Crippen LogP contribution >= 0.6 is 0 Å². The highest BCUT2D eigenvalue weighted by Gasteiger charge is 2.19. The van der Waals surface area contributed by atoms with E-state index >= 15 is 0 Å². The number of anilines is 1. The number of nitriles is 1. The Balaban J connectivity index is 2.88. The van der Waals surface area contributed by atoms with Gasteiger partial charge in [-0.2, -0.15) is 10.4 Å². The van der Waals surface area contributed by atoms with E-state index in [9.17, 15) is 5.26 Å². The number of ether oxygens (including phenoxy) is 2. The second-order valence-corrected chi connectivity index (χ2v) is 4.40. The van der Waals surface area contributed by atoms with Gasteiger partial charge in [0.1, 0.15) is 17.5 Å². The summed E-state index contributed by atoms with van der Waals surface area (Å²) in [6.07, 6.45) is 0. The smallest absolute Gasteiger partial charge is 0.145 e. The zero-order valence-electron chi connectivity index (χ0n) is 12.8. The lowest BCUT2D eigenvalue weighted by molar-refractivity contribution is 0.141. The Hall–Kier alpha value is -1.58. The van der Waals surface area contributed by atoms with Crippen LogP contribution in [0.1, 0.15) is 25.1 Å². The third-order valence-electron chi connectivity index (χ3n) is 3.02. The van der Waals surface area contributed by atoms with Gasteiger partial charge >= 0.3 is 0 Å². The van der Waals surface area contributed by atoms with Crippen molar-refractivity contribution in [2.75, 3.05) is 44.4 Å². The number of hydrogen-bond acceptors (Lipinski definition) is 5. The van der Waals surface area contributed by atoms with E-state index in [1.165, 1.54) is 0 Å². The molecule has 0 saturated heterocycles. The predicted octanol–water partition coefficient (Wildman–Crippen LogP) is 1.48. The van der Waals surface area contributed by atoms with E-state index in [0.29, 0.717) is 45.1 Å². The van der Waals surface area contributed by atoms with E-state index in [0.717, 1.165) is 11.5 Å². The van der Waals surface area contributed by atoms with Crippen LogP contribution in [0.4, 0.5) is 5.82 Å². The van der Waals surface area contributed by atoms with E-state index < -0.39 is 0 Å². The summed E-state index contributed by atoms with van der Waals surface area (Å²) < 4.78 is 12.6. The maximum absolute atomic E-state index is 9.31. The van der Waals surface area contributed by atoms with E-state index in [-0.39, 0.29) is 0 Å². The highest BCUT2D eigenvalue weighted by atomic mass is 16.5. The number of rotatable bonds is 9. The van der Waals surface area contributed by atoms with Crippen molar-refractivity contribution in [2.45, 2.75) is 20.8 Å². The Morgan fingerprint density at radius 3 is 2.20 bits per heavy atom. The summed E-state index contributed by atoms with van der Waals surface area (Å²) in [4.78, 5) is 2.10. The van der Waals surface area contributed by atoms with Gasteiger partial charge in [0.15, 0.2) is 0 Å². The third kappa shape index (κ3) is 4.22. The van der Waals surface area contributed by atoms with Crippen molar-refractivity contribution < 1.29 is 9.47 Å². The zero-order chi connectivity index (χ0) is 15.0. The maximum atomic E-state index is 9.31. The molecule has 6 nitrogen and oxygen atoms in total. The molecule has 0 aliphatic carbocycles. The fourth-order valence-electron chi connectivity index (χ4n) is 2.10. The summed E-state index contributed by atoms with van der Waals surface area (Å²) >= 11 is 0. The average molecular weight is 280 g/mol. The van der Waals surface area contributed by atoms with Crippen LogP contribution < -0.4 is 4.90 Å². The normalized spacial score (nSPS) is 10.6. The Labute approximate surface area is 120 Å². The lowest BCUT2D eigenvalue weighted by Crippen LogP contribution is -2.33. The standard InChI is InChI=1S/C14H24N4O2/c1-5-19-9-7-18(8-10-20-6-2)14-13(11-15)12(3)16-17(14)4/h5-10H2,1-4H3. The molecule has 0 N–H and O–H groups in total. The number of aromatic nitrogens is 2. The van der Waals surface area contributed by atoms with E-state index in [2.05, 4.69) is 16.1 Å². The molecule has 0 saturated carbocycles. The molecule has 0 radical (unpaired) electrons. The predicted molar refractivity (Wildman–Crippen MR) is 77.9 cm³/mol. The van der Waals surface area contributed by atoms with Crippen molar-refractivity contribution in [3.05, 3.63) is 11.3 Å². The Kier molecular flexibility index (Phi) is 7.05. The van der Waals surface area contributed by atoms with Gasteiger partial charge in [0.25, 0.3) is 0 Å². The molecular formula is C14H24N4O2. The van der Waals surface area contributed by atoms with Crippen LogP contribution in [0.2, 0.25) is 0 Å². The van der Waals surface area contributed by atoms with Crippen LogP contribution in [0.25, 0.3) is 0 Å². The van der Waals surface area contributed by atoms with Gasteiger partial charge in [-0.3, -0.25) is 4.68 Å². The zero-order valence-corrected chi connectivity index (χ0v) is 12.8. The molecule has 1 aromatic heterocycles. The van der Waals surface area contributed by atoms with Crippen molar-refractivity contribution >= 4 is 5.82 Å². The van der Waals surface area contributed by atoms with Crippen molar-refractivity contribution in [1.82, 2.24) is 9.78 Å². The molecule has 1 aromatic rings. The van der Waals surface area contributed by atoms with Gasteiger partial charge in [-0.1, -0.05) is 0 Å². The van der Waals surface area contributed by atoms with Crippen molar-refractivity contribution in [1.29, 1.82) is 5.26 Å². The molecule has 0 fully saturated rings. The summed E-state index contributed by atoms with van der Waals surface area (Å²) in [5.41, 5.74) is 1.38. The van der Waals surface area contributed by atoms with Crippen LogP contribution in [-0.4, -0.2) is 49.3 Å². The van der Waals surface area contributed by atoms with Gasteiger partial charge in [0, 0.05) is 33.4 Å². The molecule has 6 heteroatoms. The summed E-state index contributed by atoms with van der Waals surface area (Å²) in [5, 5.41) is 13.6. The first kappa shape index (κ1) is 16.5. The van der Waals surface area contributed by atoms with E-state index in [1.807, 2.05) is 27.8 Å². The molecule has 1 rings (SSSR count). The molecule has 112 valence electrons. The molecule has 20 heavy (non-hydrogen) atoms. The maximum Gasteiger partial charge on any atom is 0.145 e. The number of nitrogens with zero attached hydrogens (tertiary/aromatic N) is 4. The minimum atomic E-state index is 0.623. The van der Waals surface area contributed by atoms with Gasteiger partial charge in [0.2, 0.25) is 0 Å². The minimum absolute atomic E-state index is 0.623. The molecule has 0 spiro atoms. The van der Waals surface area contributed by atoms with Crippen LogP contribution in [0, 0.1) is 18.3 Å². The fourth-order valence-corrected chi connectivity index (χ4v) is 2.10. The molecule has 0 aromatic carbocycles. The first-order chi connectivity index (χ1) is 9.65. The van der Waals surface area contributed by atoms with Gasteiger partial charge in [-0.15, -0.1) is 0 Å². The molecule has 1 heterocycles. The van der Waals surface area contributed by atoms with Gasteiger partial charge < -0.3 is 14.4 Å². The van der Waals surface area contributed by atoms with Crippen LogP contribution in [0.15, 0.2) is 0 Å². The molecule has 0 bridgehead atoms. The largest absolute Gasteiger partial charge is 0.380 e. The molecule has 0 atom stereocenters. The molecule has 0 aliphatic rings. The number of aryl methyl sites for hydroxylation is 2. The van der Waals surface area contributed by atoms with E-state index in [1.54, 1.807) is 4.68 Å². The monoisotopic (exact) mass is 280 g/mol. The van der Waals surface area contributed by atoms with Crippen molar-refractivity contribution in [3.63, 3.8) is 0 Å². The van der Waals surface area contributed by atoms with Crippen LogP contribution in [0.3, 0.4) is 0 Å².